The Balaban J connectivity index is 4.58. The van der Waals surface area contributed by atoms with Crippen LogP contribution in [0.5, 0.6) is 0 Å². The van der Waals surface area contributed by atoms with Crippen LogP contribution in [0.2, 0.25) is 0 Å². The van der Waals surface area contributed by atoms with Crippen LogP contribution in [0, 0.1) is 0 Å². The smallest absolute Gasteiger partial charge is 0.404 e. The van der Waals surface area contributed by atoms with Crippen molar-refractivity contribution in [3.63, 3.8) is 0 Å². The van der Waals surface area contributed by atoms with Gasteiger partial charge in [-0.05, 0) is 19.8 Å². The van der Waals surface area contributed by atoms with Crippen molar-refractivity contribution in [1.29, 1.82) is 0 Å². The molecule has 0 saturated carbocycles. The van der Waals surface area contributed by atoms with Gasteiger partial charge < -0.3 is 31.6 Å². The molecule has 9 nitrogen and oxygen atoms in total. The van der Waals surface area contributed by atoms with Crippen molar-refractivity contribution >= 4 is 24.2 Å². The van der Waals surface area contributed by atoms with E-state index < -0.39 is 29.5 Å². The molecule has 0 bridgehead atoms. The Hall–Kier alpha value is -2.16. The summed E-state index contributed by atoms with van der Waals surface area (Å²) in [4.78, 5) is 44.4. The fourth-order valence-corrected chi connectivity index (χ4v) is 1.51. The number of nitrogens with one attached hydrogen (secondary N) is 3. The average Bonchev–Trinajstić information content (AvgIpc) is 2.41. The van der Waals surface area contributed by atoms with Gasteiger partial charge in [0, 0.05) is 20.0 Å². The first-order valence-electron chi connectivity index (χ1n) is 6.46. The van der Waals surface area contributed by atoms with Crippen molar-refractivity contribution in [2.24, 2.45) is 5.73 Å². The Morgan fingerprint density at radius 2 is 2.00 bits per heavy atom. The van der Waals surface area contributed by atoms with Gasteiger partial charge in [-0.15, -0.1) is 0 Å². The van der Waals surface area contributed by atoms with Gasteiger partial charge in [-0.3, -0.25) is 9.59 Å². The predicted octanol–water partition coefficient (Wildman–Crippen LogP) is -1.43. The Kier molecular flexibility index (Phi) is 7.99. The fraction of sp³-hybridized carbons (Fsp3) is 0.667. The first-order valence-corrected chi connectivity index (χ1v) is 6.46. The van der Waals surface area contributed by atoms with Gasteiger partial charge in [-0.2, -0.15) is 0 Å². The summed E-state index contributed by atoms with van der Waals surface area (Å²) in [5.41, 5.74) is 4.21. The number of hydrogen-bond donors (Lipinski definition) is 5. The zero-order valence-corrected chi connectivity index (χ0v) is 12.1. The van der Waals surface area contributed by atoms with Crippen LogP contribution < -0.4 is 21.7 Å². The van der Waals surface area contributed by atoms with E-state index in [2.05, 4.69) is 16.0 Å². The number of carbonyl (C=O) groups excluding carboxylic acids is 3. The summed E-state index contributed by atoms with van der Waals surface area (Å²) in [5, 5.41) is 15.5. The highest BCUT2D eigenvalue weighted by Gasteiger charge is 2.28. The minimum absolute atomic E-state index is 0.0738. The third kappa shape index (κ3) is 7.88. The lowest BCUT2D eigenvalue weighted by molar-refractivity contribution is -0.130. The van der Waals surface area contributed by atoms with Gasteiger partial charge in [-0.25, -0.2) is 4.79 Å². The summed E-state index contributed by atoms with van der Waals surface area (Å²) in [5.74, 6) is -0.942. The van der Waals surface area contributed by atoms with E-state index in [1.54, 1.807) is 0 Å². The van der Waals surface area contributed by atoms with E-state index in [0.29, 0.717) is 12.7 Å². The highest BCUT2D eigenvalue weighted by atomic mass is 16.4. The summed E-state index contributed by atoms with van der Waals surface area (Å²) >= 11 is 0. The minimum Gasteiger partial charge on any atom is -0.465 e. The van der Waals surface area contributed by atoms with E-state index in [0.717, 1.165) is 0 Å². The minimum atomic E-state index is -1.20. The topological polar surface area (TPSA) is 151 Å². The zero-order valence-electron chi connectivity index (χ0n) is 12.1. The van der Waals surface area contributed by atoms with Crippen LogP contribution in [-0.2, 0) is 14.4 Å². The lowest BCUT2D eigenvalue weighted by atomic mass is 10.0. The molecule has 0 aliphatic heterocycles. The number of carboxylic acid groups (broad SMARTS) is 1. The molecule has 120 valence electrons. The van der Waals surface area contributed by atoms with Crippen LogP contribution in [0.1, 0.15) is 26.7 Å². The molecular formula is C12H22N4O5. The summed E-state index contributed by atoms with van der Waals surface area (Å²) in [6, 6.07) is -0.857. The second-order valence-corrected chi connectivity index (χ2v) is 4.86. The van der Waals surface area contributed by atoms with Crippen molar-refractivity contribution in [2.75, 3.05) is 13.1 Å². The number of carbonyl (C=O) groups is 4. The van der Waals surface area contributed by atoms with E-state index >= 15 is 0 Å². The van der Waals surface area contributed by atoms with E-state index in [1.807, 2.05) is 0 Å². The molecule has 0 aromatic heterocycles. The highest BCUT2D eigenvalue weighted by molar-refractivity contribution is 5.89. The molecule has 21 heavy (non-hydrogen) atoms. The molecule has 9 heteroatoms. The average molecular weight is 302 g/mol. The van der Waals surface area contributed by atoms with Gasteiger partial charge in [0.15, 0.2) is 0 Å². The molecule has 0 heterocycles. The third-order valence-electron chi connectivity index (χ3n) is 2.73. The molecule has 0 aromatic carbocycles. The van der Waals surface area contributed by atoms with Crippen molar-refractivity contribution in [3.05, 3.63) is 0 Å². The van der Waals surface area contributed by atoms with Crippen LogP contribution >= 0.6 is 0 Å². The molecule has 2 atom stereocenters. The molecule has 0 fully saturated rings. The maximum Gasteiger partial charge on any atom is 0.404 e. The zero-order chi connectivity index (χ0) is 16.5. The van der Waals surface area contributed by atoms with Crippen LogP contribution in [0.3, 0.4) is 0 Å². The number of rotatable bonds is 9. The molecule has 0 radical (unpaired) electrons. The number of hydrogen-bond acceptors (Lipinski definition) is 5. The molecular weight excluding hydrogens is 280 g/mol. The molecule has 3 amide bonds. The first kappa shape index (κ1) is 18.8. The lowest BCUT2D eigenvalue weighted by Gasteiger charge is -2.26. The molecule has 0 aliphatic carbocycles. The van der Waals surface area contributed by atoms with Crippen molar-refractivity contribution < 1.29 is 24.3 Å². The first-order chi connectivity index (χ1) is 9.74. The lowest BCUT2D eigenvalue weighted by Crippen LogP contribution is -2.58. The summed E-state index contributed by atoms with van der Waals surface area (Å²) in [6.07, 6.45) is -0.0509. The largest absolute Gasteiger partial charge is 0.465 e. The second-order valence-electron chi connectivity index (χ2n) is 4.86. The van der Waals surface area contributed by atoms with Crippen LogP contribution in [-0.4, -0.2) is 54.0 Å². The number of amides is 3. The standard InChI is InChI=1S/C12H22N4O5/c1-8(18)15-9(4-3-5-14-11(20)21)10(19)16-12(2,6-13)7-17/h7,9,14H,3-6,13H2,1-2H3,(H,15,18)(H,16,19)(H,20,21). The summed E-state index contributed by atoms with van der Waals surface area (Å²) in [7, 11) is 0. The van der Waals surface area contributed by atoms with Gasteiger partial charge in [0.1, 0.15) is 17.9 Å². The molecule has 2 unspecified atom stereocenters. The molecule has 0 rings (SSSR count). The third-order valence-corrected chi connectivity index (χ3v) is 2.73. The SMILES string of the molecule is CC(=O)NC(CCCNC(=O)O)C(=O)NC(C)(C=O)CN. The van der Waals surface area contributed by atoms with Crippen molar-refractivity contribution in [1.82, 2.24) is 16.0 Å². The van der Waals surface area contributed by atoms with Crippen molar-refractivity contribution in [3.8, 4) is 0 Å². The molecule has 0 spiro atoms. The van der Waals surface area contributed by atoms with Gasteiger partial charge >= 0.3 is 6.09 Å². The quantitative estimate of drug-likeness (QED) is 0.260. The Morgan fingerprint density at radius 3 is 2.43 bits per heavy atom. The van der Waals surface area contributed by atoms with Crippen LogP contribution in [0.25, 0.3) is 0 Å². The molecule has 0 aliphatic rings. The predicted molar refractivity (Wildman–Crippen MR) is 74.5 cm³/mol. The second kappa shape index (κ2) is 8.90. The maximum absolute atomic E-state index is 12.1. The Bertz CT molecular complexity index is 401. The molecule has 0 saturated heterocycles. The fourth-order valence-electron chi connectivity index (χ4n) is 1.51. The molecule has 6 N–H and O–H groups in total. The highest BCUT2D eigenvalue weighted by Crippen LogP contribution is 2.02. The monoisotopic (exact) mass is 302 g/mol. The van der Waals surface area contributed by atoms with E-state index in [-0.39, 0.29) is 19.5 Å². The van der Waals surface area contributed by atoms with E-state index in [4.69, 9.17) is 10.8 Å². The number of nitrogens with two attached hydrogens (primary N) is 1. The summed E-state index contributed by atoms with van der Waals surface area (Å²) < 4.78 is 0. The van der Waals surface area contributed by atoms with E-state index in [9.17, 15) is 19.2 Å². The molecule has 0 aromatic rings. The van der Waals surface area contributed by atoms with Gasteiger partial charge in [0.2, 0.25) is 11.8 Å². The van der Waals surface area contributed by atoms with Crippen LogP contribution in [0.15, 0.2) is 0 Å². The van der Waals surface area contributed by atoms with Crippen molar-refractivity contribution in [2.45, 2.75) is 38.3 Å². The number of aldehydes is 1. The Labute approximate surface area is 122 Å². The normalized spacial score (nSPS) is 14.4. The van der Waals surface area contributed by atoms with E-state index in [1.165, 1.54) is 13.8 Å². The maximum atomic E-state index is 12.1. The van der Waals surface area contributed by atoms with Gasteiger partial charge in [0.25, 0.3) is 0 Å². The Morgan fingerprint density at radius 1 is 1.38 bits per heavy atom. The van der Waals surface area contributed by atoms with Gasteiger partial charge in [0.05, 0.1) is 0 Å². The van der Waals surface area contributed by atoms with Crippen LogP contribution in [0.4, 0.5) is 4.79 Å². The summed E-state index contributed by atoms with van der Waals surface area (Å²) in [6.45, 7) is 2.81. The van der Waals surface area contributed by atoms with Gasteiger partial charge in [-0.1, -0.05) is 0 Å².